The van der Waals surface area contributed by atoms with Crippen molar-refractivity contribution < 1.29 is 19.4 Å². The predicted molar refractivity (Wildman–Crippen MR) is 75.3 cm³/mol. The largest absolute Gasteiger partial charge is 0.480 e. The van der Waals surface area contributed by atoms with E-state index in [9.17, 15) is 14.7 Å². The van der Waals surface area contributed by atoms with E-state index in [4.69, 9.17) is 4.74 Å². The van der Waals surface area contributed by atoms with E-state index in [1.54, 1.807) is 6.92 Å². The Morgan fingerprint density at radius 3 is 2.40 bits per heavy atom. The summed E-state index contributed by atoms with van der Waals surface area (Å²) < 4.78 is 5.07. The highest BCUT2D eigenvalue weighted by atomic mass is 16.5. The van der Waals surface area contributed by atoms with Gasteiger partial charge >= 0.3 is 12.1 Å². The lowest BCUT2D eigenvalue weighted by Gasteiger charge is -2.28. The summed E-state index contributed by atoms with van der Waals surface area (Å²) in [5, 5.41) is 11.8. The molecule has 5 heteroatoms. The topological polar surface area (TPSA) is 75.6 Å². The molecule has 0 saturated carbocycles. The van der Waals surface area contributed by atoms with Crippen LogP contribution in [0.2, 0.25) is 0 Å². The van der Waals surface area contributed by atoms with Crippen LogP contribution in [0.15, 0.2) is 30.3 Å². The van der Waals surface area contributed by atoms with Crippen LogP contribution in [0.25, 0.3) is 0 Å². The highest BCUT2D eigenvalue weighted by Gasteiger charge is 2.37. The average molecular weight is 279 g/mol. The van der Waals surface area contributed by atoms with Gasteiger partial charge in [-0.05, 0) is 18.4 Å². The minimum Gasteiger partial charge on any atom is -0.480 e. The summed E-state index contributed by atoms with van der Waals surface area (Å²) in [6.07, 6.45) is 0.654. The van der Waals surface area contributed by atoms with Crippen molar-refractivity contribution in [3.8, 4) is 0 Å². The summed E-state index contributed by atoms with van der Waals surface area (Å²) in [4.78, 5) is 23.2. The third-order valence-electron chi connectivity index (χ3n) is 3.24. The van der Waals surface area contributed by atoms with Crippen LogP contribution < -0.4 is 5.32 Å². The zero-order valence-corrected chi connectivity index (χ0v) is 11.9. The third kappa shape index (κ3) is 4.26. The Hall–Kier alpha value is -2.04. The average Bonchev–Trinajstić information content (AvgIpc) is 2.45. The minimum absolute atomic E-state index is 0.123. The number of rotatable bonds is 7. The Bertz CT molecular complexity index is 446. The van der Waals surface area contributed by atoms with Gasteiger partial charge in [-0.15, -0.1) is 0 Å². The minimum atomic E-state index is -1.25. The summed E-state index contributed by atoms with van der Waals surface area (Å²) in [5.74, 6) is -1.03. The second-order valence-electron chi connectivity index (χ2n) is 4.68. The number of nitrogens with one attached hydrogen (secondary N) is 1. The summed E-state index contributed by atoms with van der Waals surface area (Å²) in [6, 6.07) is 9.24. The Morgan fingerprint density at radius 2 is 1.90 bits per heavy atom. The first kappa shape index (κ1) is 16.0. The molecule has 1 unspecified atom stereocenters. The fourth-order valence-corrected chi connectivity index (χ4v) is 2.02. The first-order valence-corrected chi connectivity index (χ1v) is 6.76. The van der Waals surface area contributed by atoms with Crippen molar-refractivity contribution in [1.82, 2.24) is 5.32 Å². The van der Waals surface area contributed by atoms with Crippen LogP contribution in [0.5, 0.6) is 0 Å². The molecule has 0 spiro atoms. The monoisotopic (exact) mass is 279 g/mol. The molecule has 2 N–H and O–H groups in total. The van der Waals surface area contributed by atoms with Gasteiger partial charge in [-0.1, -0.05) is 50.6 Å². The summed E-state index contributed by atoms with van der Waals surface area (Å²) in [5.41, 5.74) is -0.390. The molecule has 0 saturated heterocycles. The van der Waals surface area contributed by atoms with Gasteiger partial charge in [-0.2, -0.15) is 0 Å². The molecule has 0 aliphatic heterocycles. The Morgan fingerprint density at radius 1 is 1.25 bits per heavy atom. The maximum absolute atomic E-state index is 11.8. The predicted octanol–water partition coefficient (Wildman–Crippen LogP) is 2.95. The molecule has 110 valence electrons. The molecule has 1 aromatic rings. The van der Waals surface area contributed by atoms with E-state index >= 15 is 0 Å². The molecule has 0 aliphatic carbocycles. The standard InChI is InChI=1S/C15H21NO4/c1-3-10-15(4-2,13(17)18)16-14(19)20-11-12-8-6-5-7-9-12/h5-9H,3-4,10-11H2,1-2H3,(H,16,19)(H,17,18). The first-order valence-electron chi connectivity index (χ1n) is 6.76. The van der Waals surface area contributed by atoms with Gasteiger partial charge in [-0.25, -0.2) is 9.59 Å². The van der Waals surface area contributed by atoms with E-state index in [0.29, 0.717) is 19.3 Å². The molecule has 0 aromatic heterocycles. The zero-order chi connectivity index (χ0) is 15.0. The normalized spacial score (nSPS) is 13.3. The fourth-order valence-electron chi connectivity index (χ4n) is 2.02. The van der Waals surface area contributed by atoms with Crippen molar-refractivity contribution in [1.29, 1.82) is 0 Å². The van der Waals surface area contributed by atoms with Crippen LogP contribution in [0, 0.1) is 0 Å². The van der Waals surface area contributed by atoms with Gasteiger partial charge in [0.2, 0.25) is 0 Å². The number of benzene rings is 1. The van der Waals surface area contributed by atoms with Crippen molar-refractivity contribution >= 4 is 12.1 Å². The molecule has 0 radical (unpaired) electrons. The van der Waals surface area contributed by atoms with E-state index in [1.165, 1.54) is 0 Å². The molecule has 0 aliphatic rings. The van der Waals surface area contributed by atoms with Gasteiger partial charge in [0, 0.05) is 0 Å². The van der Waals surface area contributed by atoms with Crippen LogP contribution in [-0.4, -0.2) is 22.7 Å². The number of carbonyl (C=O) groups is 2. The summed E-state index contributed by atoms with van der Waals surface area (Å²) >= 11 is 0. The highest BCUT2D eigenvalue weighted by Crippen LogP contribution is 2.18. The third-order valence-corrected chi connectivity index (χ3v) is 3.24. The second kappa shape index (κ2) is 7.53. The van der Waals surface area contributed by atoms with Crippen LogP contribution in [0.1, 0.15) is 38.7 Å². The lowest BCUT2D eigenvalue weighted by Crippen LogP contribution is -2.54. The highest BCUT2D eigenvalue weighted by molar-refractivity contribution is 5.84. The Balaban J connectivity index is 2.60. The maximum atomic E-state index is 11.8. The van der Waals surface area contributed by atoms with Crippen LogP contribution in [-0.2, 0) is 16.1 Å². The molecule has 1 aromatic carbocycles. The number of alkyl carbamates (subject to hydrolysis) is 1. The summed E-state index contributed by atoms with van der Waals surface area (Å²) in [7, 11) is 0. The van der Waals surface area contributed by atoms with Crippen molar-refractivity contribution in [2.75, 3.05) is 0 Å². The second-order valence-corrected chi connectivity index (χ2v) is 4.68. The molecule has 20 heavy (non-hydrogen) atoms. The van der Waals surface area contributed by atoms with E-state index in [1.807, 2.05) is 37.3 Å². The van der Waals surface area contributed by atoms with Gasteiger partial charge in [-0.3, -0.25) is 0 Å². The van der Waals surface area contributed by atoms with Crippen molar-refractivity contribution in [2.24, 2.45) is 0 Å². The van der Waals surface area contributed by atoms with E-state index in [2.05, 4.69) is 5.32 Å². The lowest BCUT2D eigenvalue weighted by molar-refractivity contribution is -0.145. The number of ether oxygens (including phenoxy) is 1. The molecule has 1 atom stereocenters. The zero-order valence-electron chi connectivity index (χ0n) is 11.9. The smallest absolute Gasteiger partial charge is 0.408 e. The van der Waals surface area contributed by atoms with Crippen LogP contribution in [0.4, 0.5) is 4.79 Å². The van der Waals surface area contributed by atoms with E-state index < -0.39 is 17.6 Å². The maximum Gasteiger partial charge on any atom is 0.408 e. The number of aliphatic carboxylic acids is 1. The molecule has 1 rings (SSSR count). The number of hydrogen-bond donors (Lipinski definition) is 2. The van der Waals surface area contributed by atoms with Gasteiger partial charge < -0.3 is 15.2 Å². The van der Waals surface area contributed by atoms with Gasteiger partial charge in [0.05, 0.1) is 0 Å². The van der Waals surface area contributed by atoms with Crippen LogP contribution in [0.3, 0.4) is 0 Å². The van der Waals surface area contributed by atoms with Crippen molar-refractivity contribution in [3.63, 3.8) is 0 Å². The van der Waals surface area contributed by atoms with E-state index in [0.717, 1.165) is 5.56 Å². The number of carboxylic acids is 1. The first-order chi connectivity index (χ1) is 9.54. The number of carboxylic acid groups (broad SMARTS) is 1. The Kier molecular flexibility index (Phi) is 6.03. The Labute approximate surface area is 118 Å². The fraction of sp³-hybridized carbons (Fsp3) is 0.467. The lowest BCUT2D eigenvalue weighted by atomic mass is 9.91. The molecule has 5 nitrogen and oxygen atoms in total. The molecule has 0 heterocycles. The van der Waals surface area contributed by atoms with Crippen molar-refractivity contribution in [2.45, 2.75) is 45.3 Å². The van der Waals surface area contributed by atoms with E-state index in [-0.39, 0.29) is 6.61 Å². The molecule has 0 fully saturated rings. The van der Waals surface area contributed by atoms with Gasteiger partial charge in [0.15, 0.2) is 0 Å². The quantitative estimate of drug-likeness (QED) is 0.804. The SMILES string of the molecule is CCCC(CC)(NC(=O)OCc1ccccc1)C(=O)O. The molecular weight excluding hydrogens is 258 g/mol. The van der Waals surface area contributed by atoms with Gasteiger partial charge in [0.1, 0.15) is 12.1 Å². The van der Waals surface area contributed by atoms with Crippen molar-refractivity contribution in [3.05, 3.63) is 35.9 Å². The van der Waals surface area contributed by atoms with Gasteiger partial charge in [0.25, 0.3) is 0 Å². The molecule has 1 amide bonds. The number of amides is 1. The number of hydrogen-bond acceptors (Lipinski definition) is 3. The van der Waals surface area contributed by atoms with Crippen LogP contribution >= 0.6 is 0 Å². The number of carbonyl (C=O) groups excluding carboxylic acids is 1. The molecule has 0 bridgehead atoms. The summed E-state index contributed by atoms with van der Waals surface area (Å²) in [6.45, 7) is 3.74. The molecular formula is C15H21NO4.